The van der Waals surface area contributed by atoms with Crippen LogP contribution in [0.1, 0.15) is 108 Å². The second kappa shape index (κ2) is 39.5. The van der Waals surface area contributed by atoms with E-state index >= 15 is 0 Å². The molecule has 0 unspecified atom stereocenters. The van der Waals surface area contributed by atoms with E-state index in [2.05, 4.69) is 129 Å². The van der Waals surface area contributed by atoms with Crippen molar-refractivity contribution in [1.82, 2.24) is 39.9 Å². The highest BCUT2D eigenvalue weighted by atomic mass is 32.2. The zero-order valence-electron chi connectivity index (χ0n) is 63.8. The molecule has 7 aliphatic carbocycles. The Morgan fingerprint density at radius 3 is 1.24 bits per heavy atom. The minimum absolute atomic E-state index is 0.0472. The topological polar surface area (TPSA) is 619 Å². The molecular weight excluding hydrogens is 1640 g/mol. The van der Waals surface area contributed by atoms with E-state index in [4.69, 9.17) is 20.6 Å². The number of hydrogen-bond acceptors (Lipinski definition) is 35. The lowest BCUT2D eigenvalue weighted by atomic mass is 10.1. The molecule has 45 heteroatoms. The monoisotopic (exact) mass is 1730 g/mol. The summed E-state index contributed by atoms with van der Waals surface area (Å²) in [6.07, 6.45) is 4.95. The highest BCUT2D eigenvalue weighted by molar-refractivity contribution is 7.85. The minimum Gasteiger partial charge on any atom is -0.393 e. The molecule has 18 atom stereocenters. The SMILES string of the molecule is NS(=O)(=O)OC[C@@H]1C[C@@H](Nc2cc(N[C@H]3CCc4ccccc43)ncn2)C[C@@H]1O.NS(=O)(=O)OC[C@H]1C[C@@H](Nc2cc(N[C@@H]3CCc4ccccc43)ncn2)[C@H](O)[C@@H]1O.NS(=O)(=O)OC[C@H]1C[C@@H](Nc2cc(N[C@H]3CCc4c(F)ccc(F)c43)ncn2)[C@H](O)[C@@H]1O.NS(=O)(=O)OC[C@H]1C[C@@H](Nc2ccnc(NCc3ccccc3)n2)[C@H](O)[C@@H]1O. The van der Waals surface area contributed by atoms with E-state index in [0.717, 1.165) is 49.2 Å². The van der Waals surface area contributed by atoms with Crippen molar-refractivity contribution in [2.45, 2.75) is 162 Å². The van der Waals surface area contributed by atoms with Gasteiger partial charge in [0.2, 0.25) is 5.95 Å². The van der Waals surface area contributed by atoms with Gasteiger partial charge in [0.15, 0.2) is 0 Å². The van der Waals surface area contributed by atoms with Crippen molar-refractivity contribution in [1.29, 1.82) is 0 Å². The number of aliphatic hydroxyl groups excluding tert-OH is 7. The van der Waals surface area contributed by atoms with E-state index in [1.807, 2.05) is 54.6 Å². The maximum absolute atomic E-state index is 14.3. The molecule has 4 aromatic carbocycles. The summed E-state index contributed by atoms with van der Waals surface area (Å²) in [6, 6.07) is 33.7. The Morgan fingerprint density at radius 1 is 0.395 bits per heavy atom. The van der Waals surface area contributed by atoms with Crippen molar-refractivity contribution >= 4 is 87.9 Å². The number of aliphatic hydroxyl groups is 7. The van der Waals surface area contributed by atoms with Crippen molar-refractivity contribution in [3.63, 3.8) is 0 Å². The second-order valence-corrected chi connectivity index (χ2v) is 34.8. The summed E-state index contributed by atoms with van der Waals surface area (Å²) in [7, 11) is -16.4. The molecule has 4 fully saturated rings. The summed E-state index contributed by atoms with van der Waals surface area (Å²) in [5.41, 5.74) is 6.98. The third kappa shape index (κ3) is 25.2. The molecule has 4 saturated carbocycles. The van der Waals surface area contributed by atoms with Crippen LogP contribution in [0.4, 0.5) is 55.5 Å². The van der Waals surface area contributed by atoms with Crippen molar-refractivity contribution < 1.29 is 94.9 Å². The molecule has 4 aromatic heterocycles. The lowest BCUT2D eigenvalue weighted by molar-refractivity contribution is 0.00775. The second-order valence-electron chi connectivity index (χ2n) is 29.9. The van der Waals surface area contributed by atoms with Crippen molar-refractivity contribution in [2.75, 3.05) is 69.0 Å². The summed E-state index contributed by atoms with van der Waals surface area (Å²) >= 11 is 0. The van der Waals surface area contributed by atoms with Crippen LogP contribution in [-0.4, -0.2) is 203 Å². The number of fused-ring (bicyclic) bond motifs is 3. The standard InChI is InChI=1S/C19H23F2N5O5S.C19H25N5O5S.C19H25N5O4S.C17H23N5O5S/c20-11-2-3-12(21)17-10(11)1-4-13(17)25-15-6-16(24-8-23-15)26-14-5-9(18(27)19(14)28)7-31-32(22,29)30;20-30(27,28)29-9-12-7-15(19(26)18(12)25)24-17-8-16(21-10-22-17)23-14-6-5-11-3-1-2-4-13(11)14;20-29(26,27)28-10-13-7-14(8-17(13)25)23-18-9-19(22-11-21-18)24-16-6-5-12-3-1-2-4-15(12)16;18-28(25,26)27-10-12-8-13(16(24)15(12)23)21-14-6-7-19-17(22-14)20-9-11-4-2-1-3-5-11/h2-3,6,8-9,13-14,18-19,27-28H,1,4-5,7H2,(H2,22,29,30)(H2,23,24,25,26);1-4,8,10,12,14-15,18-19,25-26H,5-7,9H2,(H2,20,27,28)(H2,21,22,23,24);1-4,9,11,13-14,16-17,25H,5-8,10H2,(H2,20,26,27)(H2,21,22,23,24);1-7,12-13,15-16,23-24H,8-10H2,(H2,18,25,26)(H2,19,20,21,22)/t9-,13+,14-,18-,19+;12-,14-,15-,18-,19+;13-,14+,16-,17-;12-,13-,15-,16+/m1101/s1. The molecular formula is C74H96F2N20O19S4. The highest BCUT2D eigenvalue weighted by Gasteiger charge is 2.45. The number of hydrogen-bond donors (Lipinski definition) is 19. The summed E-state index contributed by atoms with van der Waals surface area (Å²) in [6.45, 7) is -0.539. The zero-order chi connectivity index (χ0) is 84.9. The molecule has 0 amide bonds. The Kier molecular flexibility index (Phi) is 29.5. The number of nitrogens with zero attached hydrogens (tertiary/aromatic N) is 8. The number of halogens is 2. The Hall–Kier alpha value is -9.34. The van der Waals surface area contributed by atoms with E-state index < -0.39 is 137 Å². The predicted octanol–water partition coefficient (Wildman–Crippen LogP) is 2.09. The van der Waals surface area contributed by atoms with E-state index in [-0.39, 0.29) is 68.9 Å². The molecule has 39 nitrogen and oxygen atoms in total. The Labute approximate surface area is 685 Å². The predicted molar refractivity (Wildman–Crippen MR) is 430 cm³/mol. The van der Waals surface area contributed by atoms with E-state index in [9.17, 15) is 78.2 Å². The van der Waals surface area contributed by atoms with Gasteiger partial charge >= 0.3 is 41.2 Å². The molecule has 0 aliphatic heterocycles. The molecule has 0 spiro atoms. The van der Waals surface area contributed by atoms with Crippen LogP contribution in [0, 0.1) is 35.3 Å². The average molecular weight is 1740 g/mol. The zero-order valence-corrected chi connectivity index (χ0v) is 67.1. The van der Waals surface area contributed by atoms with Crippen LogP contribution in [0.25, 0.3) is 0 Å². The van der Waals surface area contributed by atoms with Gasteiger partial charge in [-0.15, -0.1) is 0 Å². The van der Waals surface area contributed by atoms with Crippen LogP contribution in [0.5, 0.6) is 0 Å². The number of nitrogens with two attached hydrogens (primary N) is 4. The van der Waals surface area contributed by atoms with Gasteiger partial charge in [-0.25, -0.2) is 64.2 Å². The molecule has 15 rings (SSSR count). The van der Waals surface area contributed by atoms with Crippen LogP contribution in [-0.2, 0) is 83.8 Å². The first-order chi connectivity index (χ1) is 56.6. The van der Waals surface area contributed by atoms with Gasteiger partial charge in [0.1, 0.15) is 89.7 Å². The first kappa shape index (κ1) is 88.9. The smallest absolute Gasteiger partial charge is 0.333 e. The fourth-order valence-electron chi connectivity index (χ4n) is 15.8. The fraction of sp³-hybridized carbons (Fsp3) is 0.459. The van der Waals surface area contributed by atoms with E-state index in [1.54, 1.807) is 24.4 Å². The number of benzene rings is 4. The third-order valence-corrected chi connectivity index (χ3v) is 23.5. The molecule has 8 aromatic rings. The summed E-state index contributed by atoms with van der Waals surface area (Å²) < 4.78 is 134. The first-order valence-corrected chi connectivity index (χ1v) is 44.0. The van der Waals surface area contributed by atoms with E-state index in [1.165, 1.54) is 41.2 Å². The van der Waals surface area contributed by atoms with Gasteiger partial charge < -0.3 is 78.3 Å². The third-order valence-electron chi connectivity index (χ3n) is 21.7. The number of rotatable bonds is 29. The molecule has 7 aliphatic rings. The van der Waals surface area contributed by atoms with Gasteiger partial charge in [-0.1, -0.05) is 78.9 Å². The van der Waals surface area contributed by atoms with Gasteiger partial charge in [-0.3, -0.25) is 16.7 Å². The summed E-state index contributed by atoms with van der Waals surface area (Å²) in [4.78, 5) is 33.8. The largest absolute Gasteiger partial charge is 0.393 e. The minimum atomic E-state index is -4.17. The van der Waals surface area contributed by atoms with Gasteiger partial charge in [-0.05, 0) is 122 Å². The lowest BCUT2D eigenvalue weighted by Crippen LogP contribution is -2.36. The Morgan fingerprint density at radius 2 is 0.782 bits per heavy atom. The fourth-order valence-corrected chi connectivity index (χ4v) is 17.3. The molecule has 23 N–H and O–H groups in total. The Balaban J connectivity index is 0.000000146. The maximum atomic E-state index is 14.3. The van der Waals surface area contributed by atoms with Gasteiger partial charge in [0, 0.05) is 66.2 Å². The summed E-state index contributed by atoms with van der Waals surface area (Å²) in [5, 5.41) is 116. The molecule has 0 saturated heterocycles. The number of anilines is 8. The quantitative estimate of drug-likeness (QED) is 0.0319. The molecule has 0 radical (unpaired) electrons. The number of nitrogens with one attached hydrogen (secondary N) is 8. The van der Waals surface area contributed by atoms with Crippen molar-refractivity contribution in [3.05, 3.63) is 191 Å². The highest BCUT2D eigenvalue weighted by Crippen LogP contribution is 2.40. The van der Waals surface area contributed by atoms with Crippen molar-refractivity contribution in [3.8, 4) is 0 Å². The van der Waals surface area contributed by atoms with Crippen LogP contribution < -0.4 is 63.1 Å². The van der Waals surface area contributed by atoms with E-state index in [0.29, 0.717) is 85.1 Å². The lowest BCUT2D eigenvalue weighted by Gasteiger charge is -2.19. The maximum Gasteiger partial charge on any atom is 0.333 e. The van der Waals surface area contributed by atoms with Gasteiger partial charge in [0.05, 0.1) is 87.1 Å². The normalized spacial score (nSPS) is 26.7. The molecule has 4 heterocycles. The van der Waals surface area contributed by atoms with Crippen LogP contribution in [0.2, 0.25) is 0 Å². The van der Waals surface area contributed by atoms with Crippen molar-refractivity contribution in [2.24, 2.45) is 44.2 Å². The van der Waals surface area contributed by atoms with Crippen LogP contribution >= 0.6 is 0 Å². The summed E-state index contributed by atoms with van der Waals surface area (Å²) in [5.74, 6) is 1.05. The van der Waals surface area contributed by atoms with Crippen LogP contribution in [0.3, 0.4) is 0 Å². The molecule has 119 heavy (non-hydrogen) atoms. The average Bonchev–Trinajstić information content (AvgIpc) is 1.66. The molecule has 0 bridgehead atoms. The van der Waals surface area contributed by atoms with Gasteiger partial charge in [-0.2, -0.15) is 38.7 Å². The Bertz CT molecular complexity index is 5240. The number of aryl methyl sites for hydroxylation is 2. The molecule has 644 valence electrons. The van der Waals surface area contributed by atoms with Crippen LogP contribution in [0.15, 0.2) is 140 Å². The van der Waals surface area contributed by atoms with Gasteiger partial charge in [0.25, 0.3) is 0 Å². The first-order valence-electron chi connectivity index (χ1n) is 38.1. The number of aromatic nitrogens is 8.